The van der Waals surface area contributed by atoms with E-state index in [9.17, 15) is 9.59 Å². The van der Waals surface area contributed by atoms with Crippen LogP contribution in [0.3, 0.4) is 0 Å². The molecule has 0 atom stereocenters. The highest BCUT2D eigenvalue weighted by atomic mass is 16.1. The van der Waals surface area contributed by atoms with Crippen molar-refractivity contribution < 1.29 is 9.59 Å². The van der Waals surface area contributed by atoms with Crippen molar-refractivity contribution in [2.45, 2.75) is 13.0 Å². The van der Waals surface area contributed by atoms with Gasteiger partial charge >= 0.3 is 0 Å². The van der Waals surface area contributed by atoms with E-state index in [0.29, 0.717) is 18.5 Å². The van der Waals surface area contributed by atoms with Crippen LogP contribution in [0.15, 0.2) is 73.1 Å². The highest BCUT2D eigenvalue weighted by Gasteiger charge is 2.05. The van der Waals surface area contributed by atoms with Gasteiger partial charge in [0, 0.05) is 30.2 Å². The van der Waals surface area contributed by atoms with Gasteiger partial charge in [-0.05, 0) is 47.5 Å². The lowest BCUT2D eigenvalue weighted by Crippen LogP contribution is -2.24. The Morgan fingerprint density at radius 3 is 2.08 bits per heavy atom. The van der Waals surface area contributed by atoms with Crippen LogP contribution in [-0.2, 0) is 17.8 Å². The van der Waals surface area contributed by atoms with Crippen molar-refractivity contribution in [1.29, 1.82) is 0 Å². The maximum atomic E-state index is 12.1. The zero-order chi connectivity index (χ0) is 17.6. The van der Waals surface area contributed by atoms with E-state index in [1.54, 1.807) is 24.3 Å². The van der Waals surface area contributed by atoms with Crippen LogP contribution in [-0.4, -0.2) is 16.4 Å². The van der Waals surface area contributed by atoms with Crippen molar-refractivity contribution in [2.75, 3.05) is 0 Å². The van der Waals surface area contributed by atoms with Crippen LogP contribution in [0, 0.1) is 0 Å². The number of amides is 2. The number of nitrogens with one attached hydrogen (secondary N) is 1. The van der Waals surface area contributed by atoms with Crippen LogP contribution in [0.5, 0.6) is 0 Å². The van der Waals surface area contributed by atoms with E-state index in [1.165, 1.54) is 0 Å². The number of rotatable bonds is 6. The lowest BCUT2D eigenvalue weighted by atomic mass is 10.1. The summed E-state index contributed by atoms with van der Waals surface area (Å²) in [6, 6.07) is 18.7. The van der Waals surface area contributed by atoms with Crippen LogP contribution in [0.4, 0.5) is 0 Å². The number of aromatic nitrogens is 1. The lowest BCUT2D eigenvalue weighted by molar-refractivity contribution is -0.120. The first-order chi connectivity index (χ1) is 12.1. The summed E-state index contributed by atoms with van der Waals surface area (Å²) in [5.41, 5.74) is 8.59. The Bertz CT molecular complexity index is 851. The molecule has 0 aliphatic heterocycles. The summed E-state index contributed by atoms with van der Waals surface area (Å²) in [6.45, 7) is 0.416. The number of carbonyl (C=O) groups is 2. The van der Waals surface area contributed by atoms with Crippen molar-refractivity contribution in [3.63, 3.8) is 0 Å². The molecule has 0 unspecified atom stereocenters. The summed E-state index contributed by atoms with van der Waals surface area (Å²) in [4.78, 5) is 23.1. The zero-order valence-corrected chi connectivity index (χ0v) is 13.7. The van der Waals surface area contributed by atoms with Crippen LogP contribution >= 0.6 is 0 Å². The highest BCUT2D eigenvalue weighted by molar-refractivity contribution is 5.92. The van der Waals surface area contributed by atoms with E-state index in [0.717, 1.165) is 16.8 Å². The predicted octanol–water partition coefficient (Wildman–Crippen LogP) is 2.44. The molecule has 2 amide bonds. The van der Waals surface area contributed by atoms with E-state index in [4.69, 9.17) is 5.73 Å². The average molecular weight is 333 g/mol. The molecule has 0 saturated heterocycles. The Kier molecular flexibility index (Phi) is 4.95. The maximum absolute atomic E-state index is 12.1. The van der Waals surface area contributed by atoms with E-state index >= 15 is 0 Å². The summed E-state index contributed by atoms with van der Waals surface area (Å²) in [5, 5.41) is 2.88. The van der Waals surface area contributed by atoms with Gasteiger partial charge in [-0.15, -0.1) is 0 Å². The molecule has 3 aromatic rings. The Morgan fingerprint density at radius 2 is 1.48 bits per heavy atom. The van der Waals surface area contributed by atoms with Crippen LogP contribution in [0.25, 0.3) is 5.69 Å². The normalized spacial score (nSPS) is 10.4. The van der Waals surface area contributed by atoms with E-state index in [-0.39, 0.29) is 5.91 Å². The summed E-state index contributed by atoms with van der Waals surface area (Å²) in [6.07, 6.45) is 4.28. The first kappa shape index (κ1) is 16.5. The molecule has 3 N–H and O–H groups in total. The zero-order valence-electron chi connectivity index (χ0n) is 13.7. The van der Waals surface area contributed by atoms with Gasteiger partial charge in [0.2, 0.25) is 11.8 Å². The predicted molar refractivity (Wildman–Crippen MR) is 96.3 cm³/mol. The summed E-state index contributed by atoms with van der Waals surface area (Å²) in [7, 11) is 0. The van der Waals surface area contributed by atoms with Gasteiger partial charge in [0.05, 0.1) is 6.42 Å². The summed E-state index contributed by atoms with van der Waals surface area (Å²) < 4.78 is 2.01. The molecule has 0 aliphatic carbocycles. The van der Waals surface area contributed by atoms with Gasteiger partial charge in [-0.25, -0.2) is 0 Å². The minimum atomic E-state index is -0.459. The number of hydrogen-bond donors (Lipinski definition) is 2. The molecule has 0 bridgehead atoms. The first-order valence-electron chi connectivity index (χ1n) is 7.99. The fraction of sp³-hybridized carbons (Fsp3) is 0.100. The third kappa shape index (κ3) is 4.35. The molecule has 0 spiro atoms. The molecule has 1 heterocycles. The molecular formula is C20H19N3O2. The third-order valence-corrected chi connectivity index (χ3v) is 3.93. The van der Waals surface area contributed by atoms with Gasteiger partial charge in [0.25, 0.3) is 0 Å². The summed E-state index contributed by atoms with van der Waals surface area (Å²) in [5.74, 6) is -0.508. The van der Waals surface area contributed by atoms with Gasteiger partial charge in [0.15, 0.2) is 0 Å². The maximum Gasteiger partial charge on any atom is 0.248 e. The largest absolute Gasteiger partial charge is 0.366 e. The fourth-order valence-electron chi connectivity index (χ4n) is 2.53. The summed E-state index contributed by atoms with van der Waals surface area (Å²) >= 11 is 0. The second kappa shape index (κ2) is 7.49. The van der Waals surface area contributed by atoms with Gasteiger partial charge in [-0.2, -0.15) is 0 Å². The highest BCUT2D eigenvalue weighted by Crippen LogP contribution is 2.10. The van der Waals surface area contributed by atoms with E-state index in [2.05, 4.69) is 5.32 Å². The number of nitrogens with zero attached hydrogens (tertiary/aromatic N) is 1. The Labute approximate surface area is 146 Å². The molecule has 25 heavy (non-hydrogen) atoms. The van der Waals surface area contributed by atoms with Crippen LogP contribution in [0.1, 0.15) is 21.5 Å². The number of primary amides is 1. The second-order valence-corrected chi connectivity index (χ2v) is 5.77. The Hall–Kier alpha value is -3.34. The van der Waals surface area contributed by atoms with E-state index < -0.39 is 5.91 Å². The number of nitrogens with two attached hydrogens (primary N) is 1. The second-order valence-electron chi connectivity index (χ2n) is 5.77. The molecule has 0 saturated carbocycles. The number of hydrogen-bond acceptors (Lipinski definition) is 2. The monoisotopic (exact) mass is 333 g/mol. The lowest BCUT2D eigenvalue weighted by Gasteiger charge is -2.07. The molecule has 1 aromatic heterocycles. The molecule has 2 aromatic carbocycles. The van der Waals surface area contributed by atoms with Crippen molar-refractivity contribution in [3.05, 3.63) is 89.7 Å². The molecule has 0 fully saturated rings. The minimum Gasteiger partial charge on any atom is -0.366 e. The molecule has 126 valence electrons. The average Bonchev–Trinajstić information content (AvgIpc) is 3.15. The smallest absolute Gasteiger partial charge is 0.248 e. The van der Waals surface area contributed by atoms with Crippen molar-refractivity contribution >= 4 is 11.8 Å². The standard InChI is InChI=1S/C20H19N3O2/c21-20(25)17-7-3-16(4-8-17)14-22-19(24)13-15-5-9-18(10-6-15)23-11-1-2-12-23/h1-12H,13-14H2,(H2,21,25)(H,22,24). The van der Waals surface area contributed by atoms with Gasteiger partial charge < -0.3 is 15.6 Å². The van der Waals surface area contributed by atoms with Crippen LogP contribution in [0.2, 0.25) is 0 Å². The fourth-order valence-corrected chi connectivity index (χ4v) is 2.53. The van der Waals surface area contributed by atoms with Gasteiger partial charge in [-0.3, -0.25) is 9.59 Å². The van der Waals surface area contributed by atoms with Gasteiger partial charge in [0.1, 0.15) is 0 Å². The third-order valence-electron chi connectivity index (χ3n) is 3.93. The number of benzene rings is 2. The topological polar surface area (TPSA) is 77.1 Å². The molecule has 5 heteroatoms. The molecule has 0 aliphatic rings. The SMILES string of the molecule is NC(=O)c1ccc(CNC(=O)Cc2ccc(-n3cccc3)cc2)cc1. The first-order valence-corrected chi connectivity index (χ1v) is 7.99. The van der Waals surface area contributed by atoms with Crippen LogP contribution < -0.4 is 11.1 Å². The quantitative estimate of drug-likeness (QED) is 0.727. The Balaban J connectivity index is 1.53. The molecular weight excluding hydrogens is 314 g/mol. The number of carbonyl (C=O) groups excluding carboxylic acids is 2. The van der Waals surface area contributed by atoms with E-state index in [1.807, 2.05) is 53.4 Å². The van der Waals surface area contributed by atoms with Crippen molar-refractivity contribution in [2.24, 2.45) is 5.73 Å². The molecule has 0 radical (unpaired) electrons. The molecule has 3 rings (SSSR count). The minimum absolute atomic E-state index is 0.0484. The van der Waals surface area contributed by atoms with Crippen molar-refractivity contribution in [1.82, 2.24) is 9.88 Å². The van der Waals surface area contributed by atoms with Crippen molar-refractivity contribution in [3.8, 4) is 5.69 Å². The van der Waals surface area contributed by atoms with Gasteiger partial charge in [-0.1, -0.05) is 24.3 Å². The Morgan fingerprint density at radius 1 is 0.880 bits per heavy atom. The molecule has 5 nitrogen and oxygen atoms in total.